The van der Waals surface area contributed by atoms with Crippen LogP contribution >= 0.6 is 0 Å². The maximum absolute atomic E-state index is 10.9. The van der Waals surface area contributed by atoms with Crippen molar-refractivity contribution in [2.75, 3.05) is 12.0 Å². The van der Waals surface area contributed by atoms with E-state index in [0.717, 1.165) is 12.2 Å². The normalized spacial score (nSPS) is 13.9. The molecule has 16 heavy (non-hydrogen) atoms. The third kappa shape index (κ3) is 4.37. The molecule has 0 aliphatic rings. The van der Waals surface area contributed by atoms with Crippen molar-refractivity contribution in [2.24, 2.45) is 0 Å². The first-order valence-electron chi connectivity index (χ1n) is 5.36. The molecule has 92 valence electrons. The van der Waals surface area contributed by atoms with Crippen molar-refractivity contribution in [3.05, 3.63) is 23.7 Å². The van der Waals surface area contributed by atoms with E-state index < -0.39 is 15.9 Å². The summed E-state index contributed by atoms with van der Waals surface area (Å²) in [5.74, 6) is 1.45. The molecule has 5 heteroatoms. The SMILES string of the molecule is CCc1ccc(C(O)CCCS(C)(=O)=O)o1. The van der Waals surface area contributed by atoms with Gasteiger partial charge in [0.05, 0.1) is 0 Å². The number of furan rings is 1. The molecule has 0 saturated heterocycles. The molecule has 1 N–H and O–H groups in total. The first-order valence-corrected chi connectivity index (χ1v) is 7.43. The van der Waals surface area contributed by atoms with Crippen LogP contribution in [0.3, 0.4) is 0 Å². The highest BCUT2D eigenvalue weighted by Gasteiger charge is 2.13. The fraction of sp³-hybridized carbons (Fsp3) is 0.636. The molecule has 1 rings (SSSR count). The lowest BCUT2D eigenvalue weighted by Crippen LogP contribution is -2.05. The first-order chi connectivity index (χ1) is 7.42. The van der Waals surface area contributed by atoms with E-state index in [1.807, 2.05) is 13.0 Å². The number of rotatable bonds is 6. The largest absolute Gasteiger partial charge is 0.463 e. The molecular weight excluding hydrogens is 228 g/mol. The molecule has 0 bridgehead atoms. The van der Waals surface area contributed by atoms with Gasteiger partial charge < -0.3 is 9.52 Å². The van der Waals surface area contributed by atoms with Gasteiger partial charge in [-0.25, -0.2) is 8.42 Å². The summed E-state index contributed by atoms with van der Waals surface area (Å²) in [5.41, 5.74) is 0. The molecule has 0 aliphatic carbocycles. The van der Waals surface area contributed by atoms with Crippen LogP contribution < -0.4 is 0 Å². The van der Waals surface area contributed by atoms with Gasteiger partial charge in [0.25, 0.3) is 0 Å². The summed E-state index contributed by atoms with van der Waals surface area (Å²) in [4.78, 5) is 0. The molecule has 0 spiro atoms. The molecule has 1 unspecified atom stereocenters. The summed E-state index contributed by atoms with van der Waals surface area (Å²) in [6.07, 6.45) is 2.13. The zero-order chi connectivity index (χ0) is 12.2. The van der Waals surface area contributed by atoms with E-state index in [1.165, 1.54) is 6.26 Å². The number of hydrogen-bond donors (Lipinski definition) is 1. The molecule has 0 radical (unpaired) electrons. The second-order valence-corrected chi connectivity index (χ2v) is 6.21. The van der Waals surface area contributed by atoms with E-state index >= 15 is 0 Å². The van der Waals surface area contributed by atoms with Crippen LogP contribution in [0.5, 0.6) is 0 Å². The molecule has 0 aliphatic heterocycles. The Morgan fingerprint density at radius 2 is 2.12 bits per heavy atom. The van der Waals surface area contributed by atoms with Crippen LogP contribution in [-0.2, 0) is 16.3 Å². The summed E-state index contributed by atoms with van der Waals surface area (Å²) >= 11 is 0. The van der Waals surface area contributed by atoms with E-state index in [9.17, 15) is 13.5 Å². The molecule has 4 nitrogen and oxygen atoms in total. The maximum atomic E-state index is 10.9. The predicted octanol–water partition coefficient (Wildman–Crippen LogP) is 1.70. The molecular formula is C11H18O4S. The van der Waals surface area contributed by atoms with Crippen molar-refractivity contribution in [3.63, 3.8) is 0 Å². The van der Waals surface area contributed by atoms with Crippen LogP contribution in [-0.4, -0.2) is 25.5 Å². The second kappa shape index (κ2) is 5.50. The smallest absolute Gasteiger partial charge is 0.147 e. The Morgan fingerprint density at radius 1 is 1.44 bits per heavy atom. The molecule has 1 atom stereocenters. The van der Waals surface area contributed by atoms with Crippen LogP contribution in [0.15, 0.2) is 16.5 Å². The Balaban J connectivity index is 2.43. The van der Waals surface area contributed by atoms with Crippen molar-refractivity contribution in [1.82, 2.24) is 0 Å². The van der Waals surface area contributed by atoms with Gasteiger partial charge in [-0.3, -0.25) is 0 Å². The van der Waals surface area contributed by atoms with Gasteiger partial charge >= 0.3 is 0 Å². The summed E-state index contributed by atoms with van der Waals surface area (Å²) in [6, 6.07) is 3.57. The Labute approximate surface area is 96.2 Å². The van der Waals surface area contributed by atoms with Gasteiger partial charge in [-0.15, -0.1) is 0 Å². The Bertz CT molecular complexity index is 419. The lowest BCUT2D eigenvalue weighted by atomic mass is 10.2. The highest BCUT2D eigenvalue weighted by Crippen LogP contribution is 2.21. The maximum Gasteiger partial charge on any atom is 0.147 e. The molecule has 0 saturated carbocycles. The fourth-order valence-electron chi connectivity index (χ4n) is 1.44. The standard InChI is InChI=1S/C11H18O4S/c1-3-9-6-7-11(15-9)10(12)5-4-8-16(2,13)14/h6-7,10,12H,3-5,8H2,1-2H3. The van der Waals surface area contributed by atoms with Crippen LogP contribution in [0.25, 0.3) is 0 Å². The molecule has 1 heterocycles. The highest BCUT2D eigenvalue weighted by molar-refractivity contribution is 7.90. The second-order valence-electron chi connectivity index (χ2n) is 3.95. The summed E-state index contributed by atoms with van der Waals surface area (Å²) in [5, 5.41) is 9.74. The topological polar surface area (TPSA) is 67.5 Å². The van der Waals surface area contributed by atoms with Gasteiger partial charge in [-0.2, -0.15) is 0 Å². The van der Waals surface area contributed by atoms with E-state index in [0.29, 0.717) is 18.6 Å². The van der Waals surface area contributed by atoms with Gasteiger partial charge in [-0.05, 0) is 25.0 Å². The van der Waals surface area contributed by atoms with Crippen LogP contribution in [0.1, 0.15) is 37.4 Å². The Kier molecular flexibility index (Phi) is 4.56. The number of aryl methyl sites for hydroxylation is 1. The van der Waals surface area contributed by atoms with Crippen molar-refractivity contribution < 1.29 is 17.9 Å². The minimum atomic E-state index is -2.94. The highest BCUT2D eigenvalue weighted by atomic mass is 32.2. The monoisotopic (exact) mass is 246 g/mol. The first kappa shape index (κ1) is 13.3. The van der Waals surface area contributed by atoms with Gasteiger partial charge in [-0.1, -0.05) is 6.92 Å². The van der Waals surface area contributed by atoms with Crippen LogP contribution in [0.2, 0.25) is 0 Å². The third-order valence-electron chi connectivity index (χ3n) is 2.35. The van der Waals surface area contributed by atoms with Gasteiger partial charge in [0.2, 0.25) is 0 Å². The predicted molar refractivity (Wildman–Crippen MR) is 62.0 cm³/mol. The van der Waals surface area contributed by atoms with Crippen molar-refractivity contribution >= 4 is 9.84 Å². The Morgan fingerprint density at radius 3 is 2.62 bits per heavy atom. The average molecular weight is 246 g/mol. The summed E-state index contributed by atoms with van der Waals surface area (Å²) in [7, 11) is -2.94. The van der Waals surface area contributed by atoms with E-state index in [-0.39, 0.29) is 5.75 Å². The van der Waals surface area contributed by atoms with Gasteiger partial charge in [0.15, 0.2) is 0 Å². The molecule has 1 aromatic heterocycles. The lowest BCUT2D eigenvalue weighted by Gasteiger charge is -2.06. The molecule has 0 amide bonds. The number of sulfone groups is 1. The van der Waals surface area contributed by atoms with E-state index in [4.69, 9.17) is 4.42 Å². The van der Waals surface area contributed by atoms with Crippen molar-refractivity contribution in [1.29, 1.82) is 0 Å². The average Bonchev–Trinajstić information content (AvgIpc) is 2.63. The van der Waals surface area contributed by atoms with Crippen LogP contribution in [0, 0.1) is 0 Å². The van der Waals surface area contributed by atoms with Gasteiger partial charge in [0.1, 0.15) is 27.5 Å². The van der Waals surface area contributed by atoms with Crippen molar-refractivity contribution in [3.8, 4) is 0 Å². The third-order valence-corrected chi connectivity index (χ3v) is 3.38. The quantitative estimate of drug-likeness (QED) is 0.829. The number of hydrogen-bond acceptors (Lipinski definition) is 4. The summed E-state index contributed by atoms with van der Waals surface area (Å²) in [6.45, 7) is 1.97. The molecule has 1 aromatic rings. The van der Waals surface area contributed by atoms with Gasteiger partial charge in [0, 0.05) is 18.4 Å². The summed E-state index contributed by atoms with van der Waals surface area (Å²) < 4.78 is 27.2. The molecule has 0 fully saturated rings. The molecule has 0 aromatic carbocycles. The zero-order valence-electron chi connectivity index (χ0n) is 9.64. The number of aliphatic hydroxyl groups excluding tert-OH is 1. The Hall–Kier alpha value is -0.810. The van der Waals surface area contributed by atoms with Crippen LogP contribution in [0.4, 0.5) is 0 Å². The fourth-order valence-corrected chi connectivity index (χ4v) is 2.14. The minimum Gasteiger partial charge on any atom is -0.463 e. The van der Waals surface area contributed by atoms with E-state index in [2.05, 4.69) is 0 Å². The number of aliphatic hydroxyl groups is 1. The zero-order valence-corrected chi connectivity index (χ0v) is 10.5. The van der Waals surface area contributed by atoms with E-state index in [1.54, 1.807) is 6.07 Å². The van der Waals surface area contributed by atoms with Crippen molar-refractivity contribution in [2.45, 2.75) is 32.3 Å². The minimum absolute atomic E-state index is 0.103. The lowest BCUT2D eigenvalue weighted by molar-refractivity contribution is 0.138.